The van der Waals surface area contributed by atoms with Crippen molar-refractivity contribution < 1.29 is 14.3 Å². The molecule has 0 bridgehead atoms. The molecule has 0 aromatic heterocycles. The average Bonchev–Trinajstić information content (AvgIpc) is 2.53. The highest BCUT2D eigenvalue weighted by molar-refractivity contribution is 6.88. The number of carbonyl (C=O) groups excluding carboxylic acids is 1. The zero-order valence-electron chi connectivity index (χ0n) is 15.3. The largest absolute Gasteiger partial charge is 0.463 e. The van der Waals surface area contributed by atoms with Crippen LogP contribution < -0.4 is 10.9 Å². The van der Waals surface area contributed by atoms with E-state index in [1.807, 2.05) is 12.1 Å². The van der Waals surface area contributed by atoms with Crippen molar-refractivity contribution in [3.8, 4) is 6.07 Å². The predicted octanol–water partition coefficient (Wildman–Crippen LogP) is 2.88. The van der Waals surface area contributed by atoms with Crippen LogP contribution in [-0.2, 0) is 14.3 Å². The summed E-state index contributed by atoms with van der Waals surface area (Å²) in [7, 11) is -1.44. The molecule has 0 saturated carbocycles. The summed E-state index contributed by atoms with van der Waals surface area (Å²) in [5.74, 6) is -0.658. The fraction of sp³-hybridized carbons (Fsp3) is 0.368. The molecular weight excluding hydrogens is 332 g/mol. The van der Waals surface area contributed by atoms with E-state index in [0.717, 1.165) is 5.56 Å². The van der Waals surface area contributed by atoms with Crippen molar-refractivity contribution in [2.45, 2.75) is 39.4 Å². The molecule has 132 valence electrons. The fourth-order valence-corrected chi connectivity index (χ4v) is 4.03. The molecule has 0 fully saturated rings. The van der Waals surface area contributed by atoms with Gasteiger partial charge in [0.25, 0.3) is 0 Å². The number of ether oxygens (including phenoxy) is 2. The Morgan fingerprint density at radius 1 is 1.32 bits per heavy atom. The highest BCUT2D eigenvalue weighted by Gasteiger charge is 2.36. The Hall–Kier alpha value is -2.52. The first-order chi connectivity index (χ1) is 11.7. The first-order valence-electron chi connectivity index (χ1n) is 8.26. The van der Waals surface area contributed by atoms with Gasteiger partial charge in [0.15, 0.2) is 0 Å². The van der Waals surface area contributed by atoms with Gasteiger partial charge in [0.1, 0.15) is 17.4 Å². The SMILES string of the molecule is CCOC(=O)C1=C(C)OC(N)=C(C#N)C1c1ccc([Si](C)(C)C)cc1. The van der Waals surface area contributed by atoms with E-state index < -0.39 is 20.0 Å². The van der Waals surface area contributed by atoms with Gasteiger partial charge in [-0.1, -0.05) is 49.1 Å². The number of rotatable bonds is 4. The van der Waals surface area contributed by atoms with Gasteiger partial charge in [-0.05, 0) is 19.4 Å². The lowest BCUT2D eigenvalue weighted by molar-refractivity contribution is -0.139. The molecule has 1 aromatic carbocycles. The van der Waals surface area contributed by atoms with Crippen LogP contribution in [0.1, 0.15) is 25.3 Å². The number of esters is 1. The molecule has 1 atom stereocenters. The Morgan fingerprint density at radius 2 is 1.92 bits per heavy atom. The van der Waals surface area contributed by atoms with Crippen LogP contribution in [0.4, 0.5) is 0 Å². The molecule has 5 nitrogen and oxygen atoms in total. The van der Waals surface area contributed by atoms with Gasteiger partial charge in [0.05, 0.1) is 26.2 Å². The third-order valence-corrected chi connectivity index (χ3v) is 6.28. The summed E-state index contributed by atoms with van der Waals surface area (Å²) in [5, 5.41) is 10.9. The minimum absolute atomic E-state index is 0.0346. The summed E-state index contributed by atoms with van der Waals surface area (Å²) >= 11 is 0. The molecule has 1 aliphatic heterocycles. The van der Waals surface area contributed by atoms with E-state index in [1.54, 1.807) is 13.8 Å². The summed E-state index contributed by atoms with van der Waals surface area (Å²) in [6.45, 7) is 10.5. The lowest BCUT2D eigenvalue weighted by Crippen LogP contribution is -2.37. The second-order valence-electron chi connectivity index (χ2n) is 6.99. The van der Waals surface area contributed by atoms with Crippen molar-refractivity contribution in [3.63, 3.8) is 0 Å². The van der Waals surface area contributed by atoms with Crippen LogP contribution >= 0.6 is 0 Å². The fourth-order valence-electron chi connectivity index (χ4n) is 2.86. The number of hydrogen-bond acceptors (Lipinski definition) is 5. The third kappa shape index (κ3) is 3.77. The van der Waals surface area contributed by atoms with E-state index in [4.69, 9.17) is 15.2 Å². The molecule has 1 heterocycles. The average molecular weight is 356 g/mol. The Labute approximate surface area is 149 Å². The highest BCUT2D eigenvalue weighted by Crippen LogP contribution is 2.39. The third-order valence-electron chi connectivity index (χ3n) is 4.21. The van der Waals surface area contributed by atoms with Crippen LogP contribution in [0.15, 0.2) is 47.1 Å². The number of nitriles is 1. The Bertz CT molecular complexity index is 780. The zero-order valence-corrected chi connectivity index (χ0v) is 16.3. The second kappa shape index (κ2) is 7.15. The number of allylic oxidation sites excluding steroid dienone is 2. The summed E-state index contributed by atoms with van der Waals surface area (Å²) in [5.41, 5.74) is 7.28. The van der Waals surface area contributed by atoms with Gasteiger partial charge in [-0.3, -0.25) is 0 Å². The lowest BCUT2D eigenvalue weighted by atomic mass is 9.83. The molecule has 1 unspecified atom stereocenters. The predicted molar refractivity (Wildman–Crippen MR) is 99.4 cm³/mol. The quantitative estimate of drug-likeness (QED) is 0.662. The summed E-state index contributed by atoms with van der Waals surface area (Å²) < 4.78 is 10.6. The van der Waals surface area contributed by atoms with Crippen molar-refractivity contribution in [1.82, 2.24) is 0 Å². The van der Waals surface area contributed by atoms with Crippen LogP contribution in [0.5, 0.6) is 0 Å². The van der Waals surface area contributed by atoms with E-state index in [1.165, 1.54) is 5.19 Å². The smallest absolute Gasteiger partial charge is 0.338 e. The Kier molecular flexibility index (Phi) is 5.38. The molecule has 6 heteroatoms. The zero-order chi connectivity index (χ0) is 18.8. The molecule has 1 aliphatic rings. The van der Waals surface area contributed by atoms with Gasteiger partial charge in [-0.15, -0.1) is 0 Å². The molecule has 0 amide bonds. The molecule has 1 aromatic rings. The number of nitrogens with two attached hydrogens (primary N) is 1. The molecule has 25 heavy (non-hydrogen) atoms. The van der Waals surface area contributed by atoms with Gasteiger partial charge in [0, 0.05) is 0 Å². The molecule has 0 aliphatic carbocycles. The molecule has 2 N–H and O–H groups in total. The normalized spacial score (nSPS) is 17.8. The number of benzene rings is 1. The first-order valence-corrected chi connectivity index (χ1v) is 11.8. The monoisotopic (exact) mass is 356 g/mol. The molecule has 0 spiro atoms. The van der Waals surface area contributed by atoms with Crippen LogP contribution in [0.25, 0.3) is 0 Å². The van der Waals surface area contributed by atoms with Gasteiger partial charge in [0.2, 0.25) is 5.88 Å². The van der Waals surface area contributed by atoms with E-state index in [-0.39, 0.29) is 18.1 Å². The summed E-state index contributed by atoms with van der Waals surface area (Å²) in [4.78, 5) is 12.5. The molecule has 0 saturated heterocycles. The highest BCUT2D eigenvalue weighted by atomic mass is 28.3. The Balaban J connectivity index is 2.57. The van der Waals surface area contributed by atoms with Crippen molar-refractivity contribution in [3.05, 3.63) is 52.6 Å². The van der Waals surface area contributed by atoms with Crippen molar-refractivity contribution in [2.24, 2.45) is 5.73 Å². The van der Waals surface area contributed by atoms with Gasteiger partial charge < -0.3 is 15.2 Å². The number of nitrogens with zero attached hydrogens (tertiary/aromatic N) is 1. The minimum Gasteiger partial charge on any atom is -0.463 e. The Morgan fingerprint density at radius 3 is 2.40 bits per heavy atom. The number of carbonyl (C=O) groups is 1. The second-order valence-corrected chi connectivity index (χ2v) is 12.1. The van der Waals surface area contributed by atoms with Crippen molar-refractivity contribution in [2.75, 3.05) is 6.61 Å². The van der Waals surface area contributed by atoms with Gasteiger partial charge >= 0.3 is 5.97 Å². The summed E-state index contributed by atoms with van der Waals surface area (Å²) in [6, 6.07) is 10.1. The standard InChI is InChI=1S/C19H24N2O3Si/c1-6-23-19(22)16-12(2)24-18(21)15(11-20)17(16)13-7-9-14(10-8-13)25(3,4)5/h7-10,17H,6,21H2,1-5H3. The van der Waals surface area contributed by atoms with E-state index >= 15 is 0 Å². The molecule has 2 rings (SSSR count). The van der Waals surface area contributed by atoms with E-state index in [0.29, 0.717) is 11.3 Å². The van der Waals surface area contributed by atoms with Crippen LogP contribution in [0.3, 0.4) is 0 Å². The topological polar surface area (TPSA) is 85.3 Å². The van der Waals surface area contributed by atoms with Gasteiger partial charge in [-0.2, -0.15) is 5.26 Å². The minimum atomic E-state index is -1.44. The van der Waals surface area contributed by atoms with Crippen molar-refractivity contribution >= 4 is 19.2 Å². The maximum absolute atomic E-state index is 12.5. The van der Waals surface area contributed by atoms with Crippen LogP contribution in [-0.4, -0.2) is 20.7 Å². The molecule has 0 radical (unpaired) electrons. The first kappa shape index (κ1) is 18.8. The molecular formula is C19H24N2O3Si. The van der Waals surface area contributed by atoms with E-state index in [9.17, 15) is 10.1 Å². The maximum Gasteiger partial charge on any atom is 0.338 e. The number of hydrogen-bond donors (Lipinski definition) is 1. The van der Waals surface area contributed by atoms with Crippen LogP contribution in [0, 0.1) is 11.3 Å². The van der Waals surface area contributed by atoms with Crippen molar-refractivity contribution in [1.29, 1.82) is 5.26 Å². The summed E-state index contributed by atoms with van der Waals surface area (Å²) in [6.07, 6.45) is 0. The maximum atomic E-state index is 12.5. The van der Waals surface area contributed by atoms with E-state index in [2.05, 4.69) is 37.8 Å². The van der Waals surface area contributed by atoms with Gasteiger partial charge in [-0.25, -0.2) is 4.79 Å². The lowest BCUT2D eigenvalue weighted by Gasteiger charge is -2.27. The van der Waals surface area contributed by atoms with Crippen LogP contribution in [0.2, 0.25) is 19.6 Å².